The largest absolute Gasteiger partial charge is 0.299 e. The molecule has 4 aliphatic carbocycles. The second kappa shape index (κ2) is 5.72. The van der Waals surface area contributed by atoms with E-state index >= 15 is 0 Å². The minimum Gasteiger partial charge on any atom is -0.299 e. The third-order valence-electron chi connectivity index (χ3n) is 7.26. The van der Waals surface area contributed by atoms with Gasteiger partial charge < -0.3 is 0 Å². The summed E-state index contributed by atoms with van der Waals surface area (Å²) in [5, 5.41) is 0. The van der Waals surface area contributed by atoms with Crippen LogP contribution in [0.15, 0.2) is 24.3 Å². The molecule has 23 heavy (non-hydrogen) atoms. The number of rotatable bonds is 2. The first-order valence-corrected chi connectivity index (χ1v) is 9.43. The van der Waals surface area contributed by atoms with Crippen molar-refractivity contribution in [1.29, 1.82) is 0 Å². The second-order valence-corrected chi connectivity index (χ2v) is 8.62. The second-order valence-electron chi connectivity index (χ2n) is 8.62. The number of allylic oxidation sites excluding steroid dienone is 2. The number of hydrogen-bond donors (Lipinski definition) is 0. The van der Waals surface area contributed by atoms with Gasteiger partial charge in [0.15, 0.2) is 0 Å². The van der Waals surface area contributed by atoms with Crippen molar-refractivity contribution in [3.8, 4) is 0 Å². The molecule has 0 saturated heterocycles. The van der Waals surface area contributed by atoms with Crippen LogP contribution in [0.5, 0.6) is 0 Å². The van der Waals surface area contributed by atoms with E-state index in [4.69, 9.17) is 0 Å². The molecule has 4 saturated carbocycles. The van der Waals surface area contributed by atoms with Crippen molar-refractivity contribution in [2.45, 2.75) is 57.8 Å². The van der Waals surface area contributed by atoms with Gasteiger partial charge in [0.1, 0.15) is 11.6 Å². The lowest BCUT2D eigenvalue weighted by atomic mass is 9.67. The number of carbonyl (C=O) groups is 2. The predicted octanol–water partition coefficient (Wildman–Crippen LogP) is 4.50. The maximum Gasteiger partial charge on any atom is 0.140 e. The van der Waals surface area contributed by atoms with E-state index in [-0.39, 0.29) is 0 Å². The summed E-state index contributed by atoms with van der Waals surface area (Å²) in [7, 11) is 0. The van der Waals surface area contributed by atoms with Crippen LogP contribution >= 0.6 is 0 Å². The summed E-state index contributed by atoms with van der Waals surface area (Å²) in [4.78, 5) is 24.0. The fraction of sp³-hybridized carbons (Fsp3) is 0.714. The molecule has 4 fully saturated rings. The zero-order valence-electron chi connectivity index (χ0n) is 14.1. The fourth-order valence-corrected chi connectivity index (χ4v) is 6.06. The molecule has 2 heteroatoms. The van der Waals surface area contributed by atoms with Gasteiger partial charge in [-0.15, -0.1) is 0 Å². The van der Waals surface area contributed by atoms with E-state index in [2.05, 4.69) is 13.2 Å². The van der Waals surface area contributed by atoms with E-state index < -0.39 is 0 Å². The van der Waals surface area contributed by atoms with Gasteiger partial charge in [-0.3, -0.25) is 9.59 Å². The van der Waals surface area contributed by atoms with Crippen molar-refractivity contribution in [2.75, 3.05) is 0 Å². The molecule has 0 N–H and O–H groups in total. The summed E-state index contributed by atoms with van der Waals surface area (Å²) < 4.78 is 0. The molecule has 0 aliphatic heterocycles. The third-order valence-corrected chi connectivity index (χ3v) is 7.26. The Morgan fingerprint density at radius 2 is 1.13 bits per heavy atom. The van der Waals surface area contributed by atoms with Gasteiger partial charge in [-0.1, -0.05) is 24.3 Å². The normalized spacial score (nSPS) is 43.7. The fourth-order valence-electron chi connectivity index (χ4n) is 6.06. The minimum atomic E-state index is 0.293. The summed E-state index contributed by atoms with van der Waals surface area (Å²) in [6, 6.07) is 0. The highest BCUT2D eigenvalue weighted by atomic mass is 16.1. The van der Waals surface area contributed by atoms with E-state index in [1.54, 1.807) is 0 Å². The van der Waals surface area contributed by atoms with Crippen LogP contribution in [0.25, 0.3) is 0 Å². The molecule has 0 amide bonds. The molecule has 0 aromatic heterocycles. The van der Waals surface area contributed by atoms with Crippen molar-refractivity contribution in [1.82, 2.24) is 0 Å². The Labute approximate surface area is 139 Å². The van der Waals surface area contributed by atoms with Gasteiger partial charge in [-0.25, -0.2) is 0 Å². The van der Waals surface area contributed by atoms with Crippen LogP contribution in [0, 0.1) is 35.5 Å². The summed E-state index contributed by atoms with van der Waals surface area (Å²) >= 11 is 0. The highest BCUT2D eigenvalue weighted by molar-refractivity contribution is 5.87. The van der Waals surface area contributed by atoms with Gasteiger partial charge in [0.05, 0.1) is 0 Å². The number of hydrogen-bond acceptors (Lipinski definition) is 2. The molecule has 6 unspecified atom stereocenters. The van der Waals surface area contributed by atoms with Gasteiger partial charge in [0.2, 0.25) is 0 Å². The van der Waals surface area contributed by atoms with Crippen molar-refractivity contribution in [2.24, 2.45) is 35.5 Å². The maximum absolute atomic E-state index is 12.0. The Morgan fingerprint density at radius 1 is 0.696 bits per heavy atom. The van der Waals surface area contributed by atoms with Gasteiger partial charge in [-0.05, 0) is 68.6 Å². The van der Waals surface area contributed by atoms with Crippen LogP contribution in [0.1, 0.15) is 57.8 Å². The standard InChI is InChI=1S/C21H28O2/c1-12-7-20(22)16-5-3-14(10-18(12)16)9-15-4-6-17-19(11-15)13(2)8-21(17)23/h14-19H,1-11H2. The van der Waals surface area contributed by atoms with Crippen LogP contribution < -0.4 is 0 Å². The lowest BCUT2D eigenvalue weighted by Gasteiger charge is -2.37. The van der Waals surface area contributed by atoms with Gasteiger partial charge in [-0.2, -0.15) is 0 Å². The monoisotopic (exact) mass is 312 g/mol. The van der Waals surface area contributed by atoms with E-state index in [0.717, 1.165) is 24.7 Å². The zero-order chi connectivity index (χ0) is 16.1. The molecular weight excluding hydrogens is 284 g/mol. The van der Waals surface area contributed by atoms with E-state index in [1.165, 1.54) is 43.3 Å². The average molecular weight is 312 g/mol. The first-order valence-electron chi connectivity index (χ1n) is 9.43. The predicted molar refractivity (Wildman–Crippen MR) is 90.8 cm³/mol. The van der Waals surface area contributed by atoms with Crippen LogP contribution in [-0.2, 0) is 9.59 Å². The van der Waals surface area contributed by atoms with Crippen LogP contribution in [-0.4, -0.2) is 11.6 Å². The van der Waals surface area contributed by atoms with Crippen LogP contribution in [0.4, 0.5) is 0 Å². The van der Waals surface area contributed by atoms with E-state index in [9.17, 15) is 9.59 Å². The maximum atomic E-state index is 12.0. The van der Waals surface area contributed by atoms with Crippen LogP contribution in [0.2, 0.25) is 0 Å². The molecule has 0 heterocycles. The smallest absolute Gasteiger partial charge is 0.140 e. The summed E-state index contributed by atoms with van der Waals surface area (Å²) in [5.74, 6) is 3.93. The molecule has 2 nitrogen and oxygen atoms in total. The van der Waals surface area contributed by atoms with Crippen molar-refractivity contribution in [3.63, 3.8) is 0 Å². The van der Waals surface area contributed by atoms with E-state index in [1.807, 2.05) is 0 Å². The molecule has 6 atom stereocenters. The minimum absolute atomic E-state index is 0.293. The molecule has 0 aromatic carbocycles. The topological polar surface area (TPSA) is 34.1 Å². The summed E-state index contributed by atoms with van der Waals surface area (Å²) in [6.45, 7) is 8.32. The molecule has 0 spiro atoms. The Morgan fingerprint density at radius 3 is 1.57 bits per heavy atom. The highest BCUT2D eigenvalue weighted by Crippen LogP contribution is 2.50. The number of ketones is 2. The Bertz CT molecular complexity index is 522. The SMILES string of the molecule is C=C1CC(=O)C2CCC(CC3CCC4C(=O)CC(=C)C4C3)CC12. The molecule has 4 rings (SSSR count). The van der Waals surface area contributed by atoms with Crippen LogP contribution in [0.3, 0.4) is 0 Å². The zero-order valence-corrected chi connectivity index (χ0v) is 14.1. The Hall–Kier alpha value is -1.18. The van der Waals surface area contributed by atoms with Gasteiger partial charge in [0, 0.05) is 24.7 Å². The summed E-state index contributed by atoms with van der Waals surface area (Å²) in [5.41, 5.74) is 2.39. The number of Topliss-reactive ketones (excluding diaryl/α,β-unsaturated/α-hetero) is 2. The molecule has 124 valence electrons. The Balaban J connectivity index is 1.36. The lowest BCUT2D eigenvalue weighted by Crippen LogP contribution is -2.29. The highest BCUT2D eigenvalue weighted by Gasteiger charge is 2.44. The molecule has 4 aliphatic rings. The quantitative estimate of drug-likeness (QED) is 0.704. The van der Waals surface area contributed by atoms with E-state index in [0.29, 0.717) is 48.1 Å². The molecule has 0 aromatic rings. The Kier molecular flexibility index (Phi) is 3.82. The van der Waals surface area contributed by atoms with Gasteiger partial charge in [0.25, 0.3) is 0 Å². The molecule has 0 bridgehead atoms. The third kappa shape index (κ3) is 2.64. The first kappa shape index (κ1) is 15.4. The molecule has 0 radical (unpaired) electrons. The van der Waals surface area contributed by atoms with Crippen molar-refractivity contribution in [3.05, 3.63) is 24.3 Å². The first-order chi connectivity index (χ1) is 11.0. The van der Waals surface area contributed by atoms with Crippen molar-refractivity contribution < 1.29 is 9.59 Å². The lowest BCUT2D eigenvalue weighted by molar-refractivity contribution is -0.122. The molecular formula is C21H28O2. The van der Waals surface area contributed by atoms with Gasteiger partial charge >= 0.3 is 0 Å². The summed E-state index contributed by atoms with van der Waals surface area (Å²) in [6.07, 6.45) is 9.51. The number of carbonyl (C=O) groups excluding carboxylic acids is 2. The van der Waals surface area contributed by atoms with Crippen molar-refractivity contribution >= 4 is 11.6 Å². The number of fused-ring (bicyclic) bond motifs is 2. The average Bonchev–Trinajstić information content (AvgIpc) is 2.96.